The van der Waals surface area contributed by atoms with Gasteiger partial charge in [-0.25, -0.2) is 32.9 Å². The Morgan fingerprint density at radius 1 is 0.520 bits per heavy atom. The molecule has 0 aliphatic rings. The quantitative estimate of drug-likeness (QED) is 0.00244. The maximum Gasteiger partial charge on any atom is 0.343 e. The number of H-pyrrole nitrogens is 2. The maximum absolute atomic E-state index is 13.5. The van der Waals surface area contributed by atoms with Crippen LogP contribution in [-0.4, -0.2) is 128 Å². The van der Waals surface area contributed by atoms with E-state index in [2.05, 4.69) is 61.0 Å². The summed E-state index contributed by atoms with van der Waals surface area (Å²) in [5.74, 6) is -15.0. The van der Waals surface area contributed by atoms with E-state index in [1.165, 1.54) is 24.5 Å². The van der Waals surface area contributed by atoms with Crippen LogP contribution in [0.3, 0.4) is 0 Å². The molecule has 0 saturated carbocycles. The Morgan fingerprint density at radius 3 is 1.28 bits per heavy atom. The van der Waals surface area contributed by atoms with Crippen LogP contribution in [0.25, 0.3) is 33.3 Å². The number of nitrogens with zero attached hydrogens (tertiary/aromatic N) is 3. The van der Waals surface area contributed by atoms with Gasteiger partial charge in [0, 0.05) is 115 Å². The number of aromatic nitrogens is 5. The lowest BCUT2D eigenvalue weighted by molar-refractivity contribution is -0.146. The molecule has 125 heavy (non-hydrogen) atoms. The van der Waals surface area contributed by atoms with Gasteiger partial charge in [-0.15, -0.1) is 23.7 Å². The van der Waals surface area contributed by atoms with Gasteiger partial charge in [0.25, 0.3) is 0 Å². The molecular weight excluding hydrogens is 1790 g/mol. The van der Waals surface area contributed by atoms with Crippen molar-refractivity contribution in [3.05, 3.63) is 277 Å². The van der Waals surface area contributed by atoms with E-state index in [4.69, 9.17) is 65.3 Å². The smallest absolute Gasteiger partial charge is 0.343 e. The van der Waals surface area contributed by atoms with Gasteiger partial charge in [0.2, 0.25) is 46.6 Å². The van der Waals surface area contributed by atoms with E-state index in [-0.39, 0.29) is 113 Å². The van der Waals surface area contributed by atoms with Crippen molar-refractivity contribution >= 4 is 127 Å². The zero-order chi connectivity index (χ0) is 91.4. The van der Waals surface area contributed by atoms with Crippen LogP contribution in [0.2, 0.25) is 15.1 Å². The van der Waals surface area contributed by atoms with Crippen molar-refractivity contribution in [2.75, 3.05) is 26.5 Å². The van der Waals surface area contributed by atoms with Crippen molar-refractivity contribution < 1.29 is 89.1 Å². The van der Waals surface area contributed by atoms with Gasteiger partial charge >= 0.3 is 17.9 Å². The van der Waals surface area contributed by atoms with E-state index in [9.17, 15) is 60.3 Å². The number of carbonyl (C=O) groups is 8. The molecule has 0 saturated heterocycles. The maximum atomic E-state index is 13.5. The number of hydrogen-bond donors (Lipinski definition) is 7. The van der Waals surface area contributed by atoms with Gasteiger partial charge in [0.15, 0.2) is 11.6 Å². The lowest BCUT2D eigenvalue weighted by Gasteiger charge is -2.15. The van der Waals surface area contributed by atoms with E-state index in [1.807, 2.05) is 154 Å². The minimum Gasteiger partial charge on any atom is -0.489 e. The Labute approximate surface area is 754 Å². The zero-order valence-electron chi connectivity index (χ0n) is 69.9. The number of ketones is 3. The SMILES string of the molecule is CC(C)Oc1ccc(C(=O)Oc2c(F)c(F)c(F)c(F)c2F)cc1Cl.CNC(=O)[C@@H](CC(=O)c1ccc(OC(C)C)c(Cl)c1)Cc1cnc(-c2ccccc2)[nH]1.CNC(=O)[C@@H](CC(=O)c1ccc(OC(C)C)c(Cl)c1)Cc1csc(-c2ccccc2)n1.COC(=O)[C@@H](C)CC(=O)CBr.C[C@@H](Cc1cnc(-c2ccccc2)[nH]1)C(=O)O.Cl.N=C(N)c1ccccc1. The van der Waals surface area contributed by atoms with E-state index in [1.54, 1.807) is 90.6 Å². The third-order valence-corrected chi connectivity index (χ3v) is 19.8. The number of methoxy groups -OCH3 is 1. The molecule has 3 aromatic heterocycles. The number of esters is 2. The van der Waals surface area contributed by atoms with Crippen molar-refractivity contribution in [2.24, 2.45) is 29.4 Å². The van der Waals surface area contributed by atoms with Crippen LogP contribution in [0.5, 0.6) is 23.0 Å². The molecule has 4 atom stereocenters. The fraction of sp³-hybridized carbons (Fsp3) is 0.275. The Morgan fingerprint density at radius 2 is 0.904 bits per heavy atom. The Bertz CT molecular complexity index is 5210. The second-order valence-electron chi connectivity index (χ2n) is 28.3. The Hall–Kier alpha value is -11.7. The number of thiazole rings is 1. The molecule has 664 valence electrons. The number of carboxylic acids is 1. The minimum absolute atomic E-state index is 0. The lowest BCUT2D eigenvalue weighted by atomic mass is 9.93. The molecule has 0 unspecified atom stereocenters. The number of rotatable bonds is 31. The highest BCUT2D eigenvalue weighted by Gasteiger charge is 2.31. The third kappa shape index (κ3) is 33.4. The number of halogens is 10. The summed E-state index contributed by atoms with van der Waals surface area (Å²) in [4.78, 5) is 115. The summed E-state index contributed by atoms with van der Waals surface area (Å²) >= 11 is 23.0. The van der Waals surface area contributed by atoms with Gasteiger partial charge in [-0.3, -0.25) is 39.0 Å². The van der Waals surface area contributed by atoms with Crippen LogP contribution in [0, 0.1) is 58.2 Å². The summed E-state index contributed by atoms with van der Waals surface area (Å²) in [7, 11) is 4.46. The first-order valence-corrected chi connectivity index (χ1v) is 41.7. The normalized spacial score (nSPS) is 11.5. The number of hydrogen-bond acceptors (Lipinski definition) is 18. The van der Waals surface area contributed by atoms with Crippen LogP contribution in [0.4, 0.5) is 22.0 Å². The van der Waals surface area contributed by atoms with E-state index in [0.717, 1.165) is 68.1 Å². The predicted octanol–water partition coefficient (Wildman–Crippen LogP) is 20.0. The Balaban J connectivity index is 0.000000278. The molecule has 8 N–H and O–H groups in total. The first-order chi connectivity index (χ1) is 58.9. The van der Waals surface area contributed by atoms with E-state index >= 15 is 0 Å². The molecule has 2 amide bonds. The standard InChI is InChI=1S/C24H26ClN3O3.C24H25ClN2O3S.C16H10ClF5O3.C13H14N2O2.C7H11BrO3.C7H8N2.ClH/c1-15(2)31-22-10-9-17(12-20(22)25)21(29)13-18(24(30)26-3)11-19-14-27-23(28-19)16-7-5-4-6-8-16;1-15(2)30-22-10-9-17(12-20(22)25)21(28)13-18(23(29)26-3)11-19-14-31-24(27-19)16-7-5-4-6-8-16;1-6(2)24-9-4-3-7(5-8(9)17)16(23)25-15-13(21)11(19)10(18)12(20)14(15)22;1-9(13(16)17)7-11-8-14-12(15-11)10-5-3-2-4-6-10;1-5(7(10)11-2)3-6(9)4-8;8-7(9)6-4-2-1-3-5-6;/h4-10,12,14-15,18H,11,13H2,1-3H3,(H,26,30)(H,27,28);4-10,12,14-15,18H,11,13H2,1-3H3,(H,26,29);3-6H,1-2H3;2-6,8-9H,7H2,1H3,(H,14,15)(H,16,17);5H,3-4H2,1-2H3;1-5H,(H3,8,9);1H/t2*18-;;9-;5-;;/m11.00../s1. The summed E-state index contributed by atoms with van der Waals surface area (Å²) in [6.45, 7) is 14.5. The third-order valence-electron chi connectivity index (χ3n) is 17.4. The molecule has 0 fully saturated rings. The number of nitrogens with two attached hydrogens (primary N) is 1. The number of carboxylic acid groups (broad SMARTS) is 1. The molecule has 3 heterocycles. The molecule has 34 heteroatoms. The number of ether oxygens (including phenoxy) is 5. The van der Waals surface area contributed by atoms with Gasteiger partial charge in [-0.1, -0.05) is 186 Å². The average molecular weight is 1890 g/mol. The first-order valence-electron chi connectivity index (χ1n) is 38.5. The second kappa shape index (κ2) is 52.2. The van der Waals surface area contributed by atoms with Gasteiger partial charge in [0.05, 0.1) is 80.7 Å². The largest absolute Gasteiger partial charge is 0.489 e. The number of alkyl halides is 1. The number of amides is 2. The zero-order valence-corrected chi connectivity index (χ0v) is 75.3. The van der Waals surface area contributed by atoms with Crippen molar-refractivity contribution in [1.82, 2.24) is 35.6 Å². The van der Waals surface area contributed by atoms with Crippen LogP contribution in [0.1, 0.15) is 128 Å². The number of nitrogen functional groups attached to an aromatic ring is 1. The number of benzene rings is 8. The molecule has 0 spiro atoms. The molecule has 0 bridgehead atoms. The number of aliphatic carboxylic acids is 1. The predicted molar refractivity (Wildman–Crippen MR) is 479 cm³/mol. The van der Waals surface area contributed by atoms with E-state index in [0.29, 0.717) is 57.3 Å². The van der Waals surface area contributed by atoms with Crippen molar-refractivity contribution in [2.45, 2.75) is 112 Å². The molecule has 0 aliphatic carbocycles. The van der Waals surface area contributed by atoms with Gasteiger partial charge in [-0.2, -0.15) is 8.78 Å². The van der Waals surface area contributed by atoms with Crippen molar-refractivity contribution in [3.8, 4) is 56.3 Å². The molecule has 11 rings (SSSR count). The van der Waals surface area contributed by atoms with Gasteiger partial charge in [0.1, 0.15) is 45.5 Å². The summed E-state index contributed by atoms with van der Waals surface area (Å²) in [5.41, 5.74) is 12.0. The topological polar surface area (TPSA) is 347 Å². The molecular formula is C91H95BrCl4F5N9O14S. The fourth-order valence-electron chi connectivity index (χ4n) is 11.2. The van der Waals surface area contributed by atoms with Crippen molar-refractivity contribution in [3.63, 3.8) is 0 Å². The number of aromatic amines is 2. The number of Topliss-reactive ketones (excluding diaryl/α,β-unsaturated/α-hetero) is 3. The van der Waals surface area contributed by atoms with E-state index < -0.39 is 64.5 Å². The average Bonchev–Trinajstić information content (AvgIpc) is 1.42. The molecule has 11 aromatic rings. The second-order valence-corrected chi connectivity index (χ2v) is 30.9. The number of carbonyl (C=O) groups excluding carboxylic acids is 7. The van der Waals surface area contributed by atoms with Crippen LogP contribution in [0.15, 0.2) is 194 Å². The lowest BCUT2D eigenvalue weighted by Crippen LogP contribution is -2.30. The van der Waals surface area contributed by atoms with Crippen LogP contribution in [-0.2, 0) is 48.0 Å². The summed E-state index contributed by atoms with van der Waals surface area (Å²) in [5, 5.41) is 25.0. The molecule has 0 aliphatic heterocycles. The van der Waals surface area contributed by atoms with Crippen molar-refractivity contribution in [1.29, 1.82) is 5.41 Å². The molecule has 0 radical (unpaired) electrons. The summed E-state index contributed by atoms with van der Waals surface area (Å²) < 4.78 is 91.6. The first kappa shape index (κ1) is 104. The van der Waals surface area contributed by atoms with Gasteiger partial charge in [-0.05, 0) is 96.1 Å². The molecule has 23 nitrogen and oxygen atoms in total. The van der Waals surface area contributed by atoms with Crippen LogP contribution >= 0.6 is 74.5 Å². The van der Waals surface area contributed by atoms with Gasteiger partial charge < -0.3 is 55.1 Å². The molecule has 8 aromatic carbocycles. The monoisotopic (exact) mass is 1880 g/mol. The highest BCUT2D eigenvalue weighted by Crippen LogP contribution is 2.34. The summed E-state index contributed by atoms with van der Waals surface area (Å²) in [6.07, 6.45) is 4.75. The summed E-state index contributed by atoms with van der Waals surface area (Å²) in [6, 6.07) is 52.1. The highest BCUT2D eigenvalue weighted by molar-refractivity contribution is 9.09. The number of amidine groups is 1. The van der Waals surface area contributed by atoms with Crippen LogP contribution < -0.4 is 35.3 Å². The Kier molecular flexibility index (Phi) is 43.4. The number of nitrogens with one attached hydrogen (secondary N) is 5. The number of imidazole rings is 2. The highest BCUT2D eigenvalue weighted by atomic mass is 79.9. The minimum atomic E-state index is -2.35. The fourth-order valence-corrected chi connectivity index (χ4v) is 13.0.